The number of nitrogens with zero attached hydrogens (tertiary/aromatic N) is 1. The van der Waals surface area contributed by atoms with E-state index < -0.39 is 35.6 Å². The summed E-state index contributed by atoms with van der Waals surface area (Å²) in [6.45, 7) is 2.28. The van der Waals surface area contributed by atoms with Crippen molar-refractivity contribution in [2.45, 2.75) is 58.0 Å². The Kier molecular flexibility index (Phi) is 6.48. The van der Waals surface area contributed by atoms with Crippen LogP contribution in [-0.2, 0) is 18.5 Å². The Morgan fingerprint density at radius 3 is 2.50 bits per heavy atom. The lowest BCUT2D eigenvalue weighted by Crippen LogP contribution is -2.26. The molecule has 0 saturated heterocycles. The van der Waals surface area contributed by atoms with E-state index in [2.05, 4.69) is 10.2 Å². The number of rotatable bonds is 8. The molecule has 0 aliphatic carbocycles. The molecule has 2 aromatic rings. The minimum atomic E-state index is -4.80. The van der Waals surface area contributed by atoms with Gasteiger partial charge < -0.3 is 10.8 Å². The number of amides is 1. The van der Waals surface area contributed by atoms with Gasteiger partial charge in [0, 0.05) is 11.1 Å². The van der Waals surface area contributed by atoms with E-state index in [-0.39, 0.29) is 28.8 Å². The number of carbonyl (C=O) groups is 1. The summed E-state index contributed by atoms with van der Waals surface area (Å²) in [5.74, 6) is -0.814. The minimum Gasteiger partial charge on any atom is -0.385 e. The van der Waals surface area contributed by atoms with Crippen LogP contribution in [0.25, 0.3) is 11.1 Å². The number of halogens is 4. The third kappa shape index (κ3) is 4.52. The zero-order chi connectivity index (χ0) is 21.1. The van der Waals surface area contributed by atoms with Gasteiger partial charge in [0.2, 0.25) is 5.91 Å². The van der Waals surface area contributed by atoms with Crippen molar-refractivity contribution in [3.8, 4) is 11.1 Å². The first-order chi connectivity index (χ1) is 13.0. The molecular formula is C19H23F4N3O2. The topological polar surface area (TPSA) is 92.0 Å². The lowest BCUT2D eigenvalue weighted by atomic mass is 9.84. The second-order valence-corrected chi connectivity index (χ2v) is 6.91. The van der Waals surface area contributed by atoms with Gasteiger partial charge in [-0.1, -0.05) is 32.3 Å². The number of hydrogen-bond donors (Lipinski definition) is 3. The van der Waals surface area contributed by atoms with Crippen LogP contribution in [0.4, 0.5) is 17.6 Å². The van der Waals surface area contributed by atoms with Crippen LogP contribution in [0, 0.1) is 0 Å². The predicted octanol–water partition coefficient (Wildman–Crippen LogP) is 4.45. The number of carbonyl (C=O) groups excluding carboxylic acids is 1. The highest BCUT2D eigenvalue weighted by atomic mass is 19.4. The summed E-state index contributed by atoms with van der Waals surface area (Å²) in [6.07, 6.45) is -2.11. The Morgan fingerprint density at radius 1 is 1.29 bits per heavy atom. The Morgan fingerprint density at radius 2 is 1.96 bits per heavy atom. The standard InChI is InChI=1S/C19H23F4N3O2/c1-3-4-5-8-18(2,28)13-9-11(6-7-12(13)17(24)27)15-14(10-20)25-26-16(15)19(21,22)23/h6-7,9,28H,3-5,8,10H2,1-2H3,(H2,24,27)(H,25,26). The molecule has 0 spiro atoms. The molecule has 1 aromatic carbocycles. The van der Waals surface area contributed by atoms with Crippen LogP contribution < -0.4 is 5.73 Å². The van der Waals surface area contributed by atoms with Crippen molar-refractivity contribution in [3.05, 3.63) is 40.7 Å². The first-order valence-electron chi connectivity index (χ1n) is 8.90. The summed E-state index contributed by atoms with van der Waals surface area (Å²) < 4.78 is 53.2. The summed E-state index contributed by atoms with van der Waals surface area (Å²) in [5, 5.41) is 16.2. The number of unbranched alkanes of at least 4 members (excludes halogenated alkanes) is 2. The van der Waals surface area contributed by atoms with Gasteiger partial charge in [-0.05, 0) is 36.6 Å². The molecule has 4 N–H and O–H groups in total. The van der Waals surface area contributed by atoms with E-state index in [0.29, 0.717) is 6.42 Å². The molecule has 1 atom stereocenters. The summed E-state index contributed by atoms with van der Waals surface area (Å²) in [7, 11) is 0. The van der Waals surface area contributed by atoms with E-state index in [1.807, 2.05) is 6.92 Å². The number of nitrogens with one attached hydrogen (secondary N) is 1. The van der Waals surface area contributed by atoms with Gasteiger partial charge in [0.25, 0.3) is 0 Å². The monoisotopic (exact) mass is 401 g/mol. The molecule has 1 unspecified atom stereocenters. The van der Waals surface area contributed by atoms with Crippen molar-refractivity contribution < 1.29 is 27.5 Å². The molecule has 0 radical (unpaired) electrons. The van der Waals surface area contributed by atoms with E-state index in [4.69, 9.17) is 5.73 Å². The number of aromatic amines is 1. The van der Waals surface area contributed by atoms with Gasteiger partial charge in [-0.25, -0.2) is 4.39 Å². The highest BCUT2D eigenvalue weighted by molar-refractivity contribution is 5.95. The van der Waals surface area contributed by atoms with Crippen molar-refractivity contribution in [1.82, 2.24) is 10.2 Å². The fraction of sp³-hybridized carbons (Fsp3) is 0.474. The summed E-state index contributed by atoms with van der Waals surface area (Å²) >= 11 is 0. The van der Waals surface area contributed by atoms with Crippen LogP contribution in [0.15, 0.2) is 18.2 Å². The number of primary amides is 1. The number of aliphatic hydroxyl groups is 1. The van der Waals surface area contributed by atoms with Crippen LogP contribution in [0.5, 0.6) is 0 Å². The predicted molar refractivity (Wildman–Crippen MR) is 96.1 cm³/mol. The van der Waals surface area contributed by atoms with Crippen LogP contribution in [0.3, 0.4) is 0 Å². The average molecular weight is 401 g/mol. The lowest BCUT2D eigenvalue weighted by molar-refractivity contribution is -0.140. The van der Waals surface area contributed by atoms with Gasteiger partial charge in [-0.2, -0.15) is 18.3 Å². The van der Waals surface area contributed by atoms with Crippen molar-refractivity contribution in [2.75, 3.05) is 0 Å². The van der Waals surface area contributed by atoms with Crippen LogP contribution >= 0.6 is 0 Å². The molecule has 154 valence electrons. The Labute approximate surface area is 159 Å². The van der Waals surface area contributed by atoms with Gasteiger partial charge in [-0.3, -0.25) is 9.89 Å². The van der Waals surface area contributed by atoms with Gasteiger partial charge >= 0.3 is 6.18 Å². The number of hydrogen-bond acceptors (Lipinski definition) is 3. The summed E-state index contributed by atoms with van der Waals surface area (Å²) in [6, 6.07) is 3.74. The maximum Gasteiger partial charge on any atom is 0.435 e. The van der Waals surface area contributed by atoms with Crippen LogP contribution in [0.2, 0.25) is 0 Å². The summed E-state index contributed by atoms with van der Waals surface area (Å²) in [4.78, 5) is 11.8. The molecule has 9 heteroatoms. The third-order valence-corrected chi connectivity index (χ3v) is 4.66. The fourth-order valence-corrected chi connectivity index (χ4v) is 3.20. The largest absolute Gasteiger partial charge is 0.435 e. The molecule has 0 fully saturated rings. The maximum atomic E-state index is 13.3. The normalized spacial score (nSPS) is 14.1. The molecule has 0 aliphatic heterocycles. The molecule has 1 aromatic heterocycles. The van der Waals surface area contributed by atoms with Gasteiger partial charge in [0.15, 0.2) is 5.69 Å². The van der Waals surface area contributed by atoms with Gasteiger partial charge in [0.05, 0.1) is 11.3 Å². The van der Waals surface area contributed by atoms with E-state index in [0.717, 1.165) is 12.8 Å². The molecular weight excluding hydrogens is 378 g/mol. The second kappa shape index (κ2) is 8.30. The highest BCUT2D eigenvalue weighted by Gasteiger charge is 2.39. The third-order valence-electron chi connectivity index (χ3n) is 4.66. The Hall–Kier alpha value is -2.42. The number of alkyl halides is 4. The minimum absolute atomic E-state index is 0.00380. The van der Waals surface area contributed by atoms with Gasteiger partial charge in [-0.15, -0.1) is 0 Å². The highest BCUT2D eigenvalue weighted by Crippen LogP contribution is 2.40. The van der Waals surface area contributed by atoms with Crippen LogP contribution in [-0.4, -0.2) is 21.2 Å². The second-order valence-electron chi connectivity index (χ2n) is 6.91. The fourth-order valence-electron chi connectivity index (χ4n) is 3.20. The van der Waals surface area contributed by atoms with E-state index in [9.17, 15) is 27.5 Å². The molecule has 0 aliphatic rings. The average Bonchev–Trinajstić information content (AvgIpc) is 3.05. The molecule has 28 heavy (non-hydrogen) atoms. The van der Waals surface area contributed by atoms with Crippen LogP contribution in [0.1, 0.15) is 66.8 Å². The molecule has 1 heterocycles. The molecule has 0 saturated carbocycles. The molecule has 1 amide bonds. The maximum absolute atomic E-state index is 13.3. The quantitative estimate of drug-likeness (QED) is 0.451. The SMILES string of the molecule is CCCCCC(C)(O)c1cc(-c2c(C(F)(F)F)n[nH]c2CF)ccc1C(N)=O. The smallest absolute Gasteiger partial charge is 0.385 e. The Balaban J connectivity index is 2.64. The first kappa shape index (κ1) is 21.9. The number of aromatic nitrogens is 2. The zero-order valence-electron chi connectivity index (χ0n) is 15.7. The summed E-state index contributed by atoms with van der Waals surface area (Å²) in [5.41, 5.74) is 1.94. The first-order valence-corrected chi connectivity index (χ1v) is 8.90. The zero-order valence-corrected chi connectivity index (χ0v) is 15.7. The number of benzene rings is 1. The number of nitrogens with two attached hydrogens (primary N) is 1. The van der Waals surface area contributed by atoms with E-state index in [1.165, 1.54) is 25.1 Å². The molecule has 5 nitrogen and oxygen atoms in total. The van der Waals surface area contributed by atoms with E-state index >= 15 is 0 Å². The van der Waals surface area contributed by atoms with Gasteiger partial charge in [0.1, 0.15) is 6.67 Å². The molecule has 0 bridgehead atoms. The van der Waals surface area contributed by atoms with Crippen molar-refractivity contribution in [2.24, 2.45) is 5.73 Å². The number of H-pyrrole nitrogens is 1. The van der Waals surface area contributed by atoms with Crippen molar-refractivity contribution in [1.29, 1.82) is 0 Å². The molecule has 2 rings (SSSR count). The Bertz CT molecular complexity index is 844. The lowest BCUT2D eigenvalue weighted by Gasteiger charge is -2.26. The van der Waals surface area contributed by atoms with E-state index in [1.54, 1.807) is 0 Å². The van der Waals surface area contributed by atoms with Crippen molar-refractivity contribution >= 4 is 5.91 Å². The van der Waals surface area contributed by atoms with Crippen molar-refractivity contribution in [3.63, 3.8) is 0 Å².